The van der Waals surface area contributed by atoms with Gasteiger partial charge in [0.05, 0.1) is 12.1 Å². The number of amides is 1. The Hall–Kier alpha value is -0.610. The lowest BCUT2D eigenvalue weighted by molar-refractivity contribution is -0.122. The van der Waals surface area contributed by atoms with Crippen molar-refractivity contribution in [2.45, 2.75) is 32.4 Å². The first kappa shape index (κ1) is 11.4. The summed E-state index contributed by atoms with van der Waals surface area (Å²) >= 11 is 0. The van der Waals surface area contributed by atoms with Crippen LogP contribution >= 0.6 is 0 Å². The minimum Gasteiger partial charge on any atom is -0.380 e. The largest absolute Gasteiger partial charge is 0.380 e. The number of hydrogen-bond donors (Lipinski definition) is 2. The van der Waals surface area contributed by atoms with Crippen molar-refractivity contribution in [1.29, 1.82) is 0 Å². The van der Waals surface area contributed by atoms with Crippen LogP contribution in [0.2, 0.25) is 0 Å². The Bertz CT molecular complexity index is 139. The SMILES string of the molecule is CCC(N)C(=O)NCC(C)OC. The van der Waals surface area contributed by atoms with E-state index in [2.05, 4.69) is 5.32 Å². The highest BCUT2D eigenvalue weighted by molar-refractivity contribution is 5.81. The molecular formula is C8H18N2O2. The molecule has 0 fully saturated rings. The molecule has 0 aromatic heterocycles. The monoisotopic (exact) mass is 174 g/mol. The van der Waals surface area contributed by atoms with Gasteiger partial charge in [-0.05, 0) is 13.3 Å². The van der Waals surface area contributed by atoms with Crippen molar-refractivity contribution < 1.29 is 9.53 Å². The predicted octanol–water partition coefficient (Wildman–Crippen LogP) is -0.125. The zero-order valence-corrected chi connectivity index (χ0v) is 7.96. The van der Waals surface area contributed by atoms with Crippen molar-refractivity contribution in [2.75, 3.05) is 13.7 Å². The lowest BCUT2D eigenvalue weighted by Crippen LogP contribution is -2.42. The van der Waals surface area contributed by atoms with E-state index in [4.69, 9.17) is 10.5 Å². The molecule has 2 unspecified atom stereocenters. The number of ether oxygens (including phenoxy) is 1. The molecule has 0 bridgehead atoms. The maximum Gasteiger partial charge on any atom is 0.236 e. The third kappa shape index (κ3) is 4.31. The van der Waals surface area contributed by atoms with Gasteiger partial charge < -0.3 is 15.8 Å². The summed E-state index contributed by atoms with van der Waals surface area (Å²) in [5.74, 6) is -0.110. The van der Waals surface area contributed by atoms with Crippen LogP contribution in [-0.2, 0) is 9.53 Å². The van der Waals surface area contributed by atoms with Crippen molar-refractivity contribution in [3.63, 3.8) is 0 Å². The summed E-state index contributed by atoms with van der Waals surface area (Å²) in [6.07, 6.45) is 0.700. The third-order valence-corrected chi connectivity index (χ3v) is 1.74. The van der Waals surface area contributed by atoms with Gasteiger partial charge in [0, 0.05) is 13.7 Å². The van der Waals surface area contributed by atoms with Crippen LogP contribution in [-0.4, -0.2) is 31.7 Å². The highest BCUT2D eigenvalue weighted by Crippen LogP contribution is 1.88. The fourth-order valence-electron chi connectivity index (χ4n) is 0.644. The van der Waals surface area contributed by atoms with Crippen molar-refractivity contribution in [2.24, 2.45) is 5.73 Å². The van der Waals surface area contributed by atoms with E-state index >= 15 is 0 Å². The van der Waals surface area contributed by atoms with Crippen LogP contribution in [0.1, 0.15) is 20.3 Å². The van der Waals surface area contributed by atoms with Gasteiger partial charge in [-0.1, -0.05) is 6.92 Å². The normalized spacial score (nSPS) is 15.3. The van der Waals surface area contributed by atoms with Crippen LogP contribution in [0.15, 0.2) is 0 Å². The summed E-state index contributed by atoms with van der Waals surface area (Å²) in [7, 11) is 1.61. The topological polar surface area (TPSA) is 64.4 Å². The average Bonchev–Trinajstić information content (AvgIpc) is 2.11. The molecule has 0 aliphatic carbocycles. The molecule has 4 heteroatoms. The molecule has 0 aliphatic rings. The molecule has 4 nitrogen and oxygen atoms in total. The van der Waals surface area contributed by atoms with Gasteiger partial charge in [0.1, 0.15) is 0 Å². The second kappa shape index (κ2) is 5.97. The first-order valence-electron chi connectivity index (χ1n) is 4.17. The van der Waals surface area contributed by atoms with E-state index in [9.17, 15) is 4.79 Å². The lowest BCUT2D eigenvalue weighted by atomic mass is 10.2. The number of nitrogens with two attached hydrogens (primary N) is 1. The summed E-state index contributed by atoms with van der Waals surface area (Å²) in [6.45, 7) is 4.28. The molecule has 72 valence electrons. The molecule has 1 amide bonds. The van der Waals surface area contributed by atoms with E-state index in [1.54, 1.807) is 7.11 Å². The van der Waals surface area contributed by atoms with E-state index in [0.717, 1.165) is 0 Å². The number of nitrogens with one attached hydrogen (secondary N) is 1. The molecule has 0 rings (SSSR count). The highest BCUT2D eigenvalue weighted by atomic mass is 16.5. The van der Waals surface area contributed by atoms with Gasteiger partial charge in [0.2, 0.25) is 5.91 Å². The Kier molecular flexibility index (Phi) is 5.66. The summed E-state index contributed by atoms with van der Waals surface area (Å²) in [5.41, 5.74) is 5.49. The first-order valence-corrected chi connectivity index (χ1v) is 4.17. The van der Waals surface area contributed by atoms with Gasteiger partial charge in [-0.3, -0.25) is 4.79 Å². The molecule has 0 saturated carbocycles. The fourth-order valence-corrected chi connectivity index (χ4v) is 0.644. The van der Waals surface area contributed by atoms with E-state index in [1.807, 2.05) is 13.8 Å². The second-order valence-electron chi connectivity index (χ2n) is 2.81. The Balaban J connectivity index is 3.56. The fraction of sp³-hybridized carbons (Fsp3) is 0.875. The third-order valence-electron chi connectivity index (χ3n) is 1.74. The van der Waals surface area contributed by atoms with Crippen molar-refractivity contribution in [3.05, 3.63) is 0 Å². The van der Waals surface area contributed by atoms with Crippen molar-refractivity contribution in [3.8, 4) is 0 Å². The number of methoxy groups -OCH3 is 1. The molecule has 0 aromatic rings. The number of rotatable bonds is 5. The van der Waals surface area contributed by atoms with E-state index in [-0.39, 0.29) is 12.0 Å². The van der Waals surface area contributed by atoms with Gasteiger partial charge in [-0.15, -0.1) is 0 Å². The molecule has 0 aromatic carbocycles. The minimum absolute atomic E-state index is 0.0398. The average molecular weight is 174 g/mol. The van der Waals surface area contributed by atoms with Gasteiger partial charge in [-0.25, -0.2) is 0 Å². The maximum atomic E-state index is 11.1. The number of hydrogen-bond acceptors (Lipinski definition) is 3. The standard InChI is InChI=1S/C8H18N2O2/c1-4-7(9)8(11)10-5-6(2)12-3/h6-7H,4-5,9H2,1-3H3,(H,10,11). The van der Waals surface area contributed by atoms with Crippen molar-refractivity contribution in [1.82, 2.24) is 5.32 Å². The van der Waals surface area contributed by atoms with Crippen molar-refractivity contribution >= 4 is 5.91 Å². The summed E-state index contributed by atoms with van der Waals surface area (Å²) in [6, 6.07) is -0.394. The summed E-state index contributed by atoms with van der Waals surface area (Å²) in [5, 5.41) is 2.70. The molecule has 0 aliphatic heterocycles. The molecule has 2 atom stereocenters. The zero-order chi connectivity index (χ0) is 9.56. The van der Waals surface area contributed by atoms with Gasteiger partial charge in [0.15, 0.2) is 0 Å². The predicted molar refractivity (Wildman–Crippen MR) is 47.7 cm³/mol. The van der Waals surface area contributed by atoms with E-state index in [0.29, 0.717) is 13.0 Å². The zero-order valence-electron chi connectivity index (χ0n) is 7.96. The quantitative estimate of drug-likeness (QED) is 0.610. The molecule has 12 heavy (non-hydrogen) atoms. The smallest absolute Gasteiger partial charge is 0.236 e. The summed E-state index contributed by atoms with van der Waals surface area (Å²) < 4.78 is 4.96. The highest BCUT2D eigenvalue weighted by Gasteiger charge is 2.10. The Morgan fingerprint density at radius 3 is 2.67 bits per heavy atom. The van der Waals surface area contributed by atoms with Crippen LogP contribution < -0.4 is 11.1 Å². The molecule has 0 spiro atoms. The first-order chi connectivity index (χ1) is 5.61. The lowest BCUT2D eigenvalue weighted by Gasteiger charge is -2.13. The number of carbonyl (C=O) groups is 1. The Morgan fingerprint density at radius 1 is 1.67 bits per heavy atom. The molecule has 3 N–H and O–H groups in total. The summed E-state index contributed by atoms with van der Waals surface area (Å²) in [4.78, 5) is 11.1. The Labute approximate surface area is 73.5 Å². The van der Waals surface area contributed by atoms with Gasteiger partial charge in [0.25, 0.3) is 0 Å². The van der Waals surface area contributed by atoms with Gasteiger partial charge in [-0.2, -0.15) is 0 Å². The number of carbonyl (C=O) groups excluding carboxylic acids is 1. The van der Waals surface area contributed by atoms with Crippen LogP contribution in [0.5, 0.6) is 0 Å². The molecule has 0 radical (unpaired) electrons. The van der Waals surface area contributed by atoms with Crippen LogP contribution in [0.4, 0.5) is 0 Å². The Morgan fingerprint density at radius 2 is 2.25 bits per heavy atom. The molecular weight excluding hydrogens is 156 g/mol. The van der Waals surface area contributed by atoms with E-state index in [1.165, 1.54) is 0 Å². The maximum absolute atomic E-state index is 11.1. The minimum atomic E-state index is -0.394. The molecule has 0 heterocycles. The second-order valence-corrected chi connectivity index (χ2v) is 2.81. The van der Waals surface area contributed by atoms with Crippen LogP contribution in [0.25, 0.3) is 0 Å². The van der Waals surface area contributed by atoms with Crippen LogP contribution in [0, 0.1) is 0 Å². The van der Waals surface area contributed by atoms with E-state index < -0.39 is 6.04 Å². The van der Waals surface area contributed by atoms with Crippen LogP contribution in [0.3, 0.4) is 0 Å². The molecule has 0 saturated heterocycles. The van der Waals surface area contributed by atoms with Gasteiger partial charge >= 0.3 is 0 Å².